The van der Waals surface area contributed by atoms with Crippen molar-refractivity contribution < 1.29 is 0 Å². The number of thiophene rings is 1. The predicted molar refractivity (Wildman–Crippen MR) is 68.8 cm³/mol. The summed E-state index contributed by atoms with van der Waals surface area (Å²) in [6, 6.07) is 8.85. The van der Waals surface area contributed by atoms with Gasteiger partial charge in [-0.15, -0.1) is 11.3 Å². The van der Waals surface area contributed by atoms with Crippen LogP contribution in [0.15, 0.2) is 35.8 Å². The third-order valence-electron chi connectivity index (χ3n) is 2.62. The zero-order valence-corrected chi connectivity index (χ0v) is 10.4. The normalized spacial score (nSPS) is 12.6. The molecule has 0 radical (unpaired) electrons. The largest absolute Gasteiger partial charge is 0.312 e. The van der Waals surface area contributed by atoms with Gasteiger partial charge >= 0.3 is 0 Å². The summed E-state index contributed by atoms with van der Waals surface area (Å²) in [6.07, 6.45) is 2.87. The fourth-order valence-electron chi connectivity index (χ4n) is 1.66. The number of hydrogen-bond acceptors (Lipinski definition) is 3. The summed E-state index contributed by atoms with van der Waals surface area (Å²) in [5.41, 5.74) is 2.35. The first-order valence-corrected chi connectivity index (χ1v) is 6.30. The second-order valence-electron chi connectivity index (χ2n) is 3.89. The van der Waals surface area contributed by atoms with Gasteiger partial charge in [0, 0.05) is 29.2 Å². The maximum atomic E-state index is 4.44. The summed E-state index contributed by atoms with van der Waals surface area (Å²) in [5, 5.41) is 5.45. The number of hydrogen-bond donors (Lipinski definition) is 1. The highest BCUT2D eigenvalue weighted by atomic mass is 32.1. The number of aryl methyl sites for hydroxylation is 1. The lowest BCUT2D eigenvalue weighted by molar-refractivity contribution is 0.594. The van der Waals surface area contributed by atoms with Crippen LogP contribution in [-0.4, -0.2) is 12.0 Å². The van der Waals surface area contributed by atoms with Crippen molar-refractivity contribution in [2.24, 2.45) is 0 Å². The maximum absolute atomic E-state index is 4.44. The minimum atomic E-state index is 0.371. The van der Waals surface area contributed by atoms with Crippen molar-refractivity contribution in [3.63, 3.8) is 0 Å². The minimum absolute atomic E-state index is 0.371. The Bertz CT molecular complexity index is 420. The molecule has 0 spiro atoms. The molecule has 2 heterocycles. The SMILES string of the molecule is CNC(Cc1ccc(C)cn1)c1cccs1. The van der Waals surface area contributed by atoms with Crippen molar-refractivity contribution in [3.8, 4) is 0 Å². The highest BCUT2D eigenvalue weighted by Gasteiger charge is 2.11. The zero-order chi connectivity index (χ0) is 11.4. The number of likely N-dealkylation sites (N-methyl/N-ethyl adjacent to an activating group) is 1. The van der Waals surface area contributed by atoms with Gasteiger partial charge in [-0.3, -0.25) is 4.98 Å². The second kappa shape index (κ2) is 5.23. The van der Waals surface area contributed by atoms with E-state index in [9.17, 15) is 0 Å². The molecule has 2 rings (SSSR count). The summed E-state index contributed by atoms with van der Waals surface area (Å²) >= 11 is 1.79. The van der Waals surface area contributed by atoms with Crippen molar-refractivity contribution in [3.05, 3.63) is 52.0 Å². The molecule has 1 atom stereocenters. The third-order valence-corrected chi connectivity index (χ3v) is 3.61. The van der Waals surface area contributed by atoms with E-state index < -0.39 is 0 Å². The van der Waals surface area contributed by atoms with Gasteiger partial charge in [0.1, 0.15) is 0 Å². The molecule has 0 saturated heterocycles. The number of pyridine rings is 1. The molecule has 0 aliphatic rings. The first-order valence-electron chi connectivity index (χ1n) is 5.42. The quantitative estimate of drug-likeness (QED) is 0.876. The van der Waals surface area contributed by atoms with E-state index in [1.54, 1.807) is 11.3 Å². The van der Waals surface area contributed by atoms with Gasteiger partial charge in [-0.1, -0.05) is 12.1 Å². The summed E-state index contributed by atoms with van der Waals surface area (Å²) in [5.74, 6) is 0. The predicted octanol–water partition coefficient (Wildman–Crippen LogP) is 2.95. The van der Waals surface area contributed by atoms with E-state index in [0.717, 1.165) is 12.1 Å². The number of aromatic nitrogens is 1. The Hall–Kier alpha value is -1.19. The van der Waals surface area contributed by atoms with E-state index >= 15 is 0 Å². The summed E-state index contributed by atoms with van der Waals surface area (Å²) in [7, 11) is 2.00. The first kappa shape index (κ1) is 11.3. The number of nitrogens with one attached hydrogen (secondary N) is 1. The lowest BCUT2D eigenvalue weighted by Crippen LogP contribution is -2.18. The van der Waals surface area contributed by atoms with Crippen LogP contribution in [0.1, 0.15) is 22.2 Å². The van der Waals surface area contributed by atoms with Crippen LogP contribution in [0.5, 0.6) is 0 Å². The highest BCUT2D eigenvalue weighted by molar-refractivity contribution is 7.10. The molecule has 2 aromatic heterocycles. The van der Waals surface area contributed by atoms with E-state index in [0.29, 0.717) is 6.04 Å². The van der Waals surface area contributed by atoms with Gasteiger partial charge in [0.15, 0.2) is 0 Å². The van der Waals surface area contributed by atoms with Crippen LogP contribution >= 0.6 is 11.3 Å². The van der Waals surface area contributed by atoms with Crippen LogP contribution in [0, 0.1) is 6.92 Å². The average molecular weight is 232 g/mol. The van der Waals surface area contributed by atoms with Gasteiger partial charge in [-0.05, 0) is 37.0 Å². The number of rotatable bonds is 4. The lowest BCUT2D eigenvalue weighted by atomic mass is 10.1. The van der Waals surface area contributed by atoms with Gasteiger partial charge in [0.05, 0.1) is 0 Å². The maximum Gasteiger partial charge on any atom is 0.0468 e. The third kappa shape index (κ3) is 2.68. The Morgan fingerprint density at radius 1 is 1.38 bits per heavy atom. The molecular formula is C13H16N2S. The summed E-state index contributed by atoms with van der Waals surface area (Å²) < 4.78 is 0. The monoisotopic (exact) mass is 232 g/mol. The lowest BCUT2D eigenvalue weighted by Gasteiger charge is -2.13. The fraction of sp³-hybridized carbons (Fsp3) is 0.308. The van der Waals surface area contributed by atoms with Crippen LogP contribution in [0.2, 0.25) is 0 Å². The molecule has 0 aromatic carbocycles. The van der Waals surface area contributed by atoms with Gasteiger partial charge in [-0.25, -0.2) is 0 Å². The van der Waals surface area contributed by atoms with Crippen LogP contribution in [0.3, 0.4) is 0 Å². The molecule has 3 heteroatoms. The van der Waals surface area contributed by atoms with Gasteiger partial charge in [0.2, 0.25) is 0 Å². The molecule has 0 fully saturated rings. The topological polar surface area (TPSA) is 24.9 Å². The van der Waals surface area contributed by atoms with Crippen LogP contribution in [0.4, 0.5) is 0 Å². The summed E-state index contributed by atoms with van der Waals surface area (Å²) in [4.78, 5) is 5.81. The van der Waals surface area contributed by atoms with E-state index in [-0.39, 0.29) is 0 Å². The van der Waals surface area contributed by atoms with Crippen molar-refractivity contribution in [1.29, 1.82) is 0 Å². The fourth-order valence-corrected chi connectivity index (χ4v) is 2.50. The van der Waals surface area contributed by atoms with Crippen molar-refractivity contribution in [1.82, 2.24) is 10.3 Å². The van der Waals surface area contributed by atoms with E-state index in [1.165, 1.54) is 10.4 Å². The van der Waals surface area contributed by atoms with Crippen molar-refractivity contribution >= 4 is 11.3 Å². The molecular weight excluding hydrogens is 216 g/mol. The Morgan fingerprint density at radius 3 is 2.81 bits per heavy atom. The van der Waals surface area contributed by atoms with E-state index in [4.69, 9.17) is 0 Å². The van der Waals surface area contributed by atoms with Crippen LogP contribution in [-0.2, 0) is 6.42 Å². The Morgan fingerprint density at radius 2 is 2.25 bits per heavy atom. The van der Waals surface area contributed by atoms with Gasteiger partial charge in [0.25, 0.3) is 0 Å². The van der Waals surface area contributed by atoms with E-state index in [1.807, 2.05) is 13.2 Å². The zero-order valence-electron chi connectivity index (χ0n) is 9.60. The van der Waals surface area contributed by atoms with Crippen molar-refractivity contribution in [2.75, 3.05) is 7.05 Å². The molecule has 0 bridgehead atoms. The Kier molecular flexibility index (Phi) is 3.70. The molecule has 16 heavy (non-hydrogen) atoms. The smallest absolute Gasteiger partial charge is 0.0468 e. The molecule has 2 aromatic rings. The van der Waals surface area contributed by atoms with Crippen LogP contribution < -0.4 is 5.32 Å². The minimum Gasteiger partial charge on any atom is -0.312 e. The molecule has 2 nitrogen and oxygen atoms in total. The molecule has 0 aliphatic heterocycles. The number of nitrogens with zero attached hydrogens (tertiary/aromatic N) is 1. The summed E-state index contributed by atoms with van der Waals surface area (Å²) in [6.45, 7) is 2.06. The molecule has 0 amide bonds. The van der Waals surface area contributed by atoms with Crippen LogP contribution in [0.25, 0.3) is 0 Å². The van der Waals surface area contributed by atoms with E-state index in [2.05, 4.69) is 46.9 Å². The second-order valence-corrected chi connectivity index (χ2v) is 4.87. The molecule has 0 saturated carbocycles. The van der Waals surface area contributed by atoms with Crippen molar-refractivity contribution in [2.45, 2.75) is 19.4 Å². The standard InChI is InChI=1S/C13H16N2S/c1-10-5-6-11(15-9-10)8-12(14-2)13-4-3-7-16-13/h3-7,9,12,14H,8H2,1-2H3. The molecule has 84 valence electrons. The van der Waals surface area contributed by atoms with Gasteiger partial charge in [-0.2, -0.15) is 0 Å². The molecule has 1 unspecified atom stereocenters. The average Bonchev–Trinajstić information content (AvgIpc) is 2.82. The first-order chi connectivity index (χ1) is 7.79. The highest BCUT2D eigenvalue weighted by Crippen LogP contribution is 2.21. The van der Waals surface area contributed by atoms with Gasteiger partial charge < -0.3 is 5.32 Å². The Labute approximate surface area is 100 Å². The Balaban J connectivity index is 2.10. The molecule has 0 aliphatic carbocycles. The molecule has 1 N–H and O–H groups in total.